The van der Waals surface area contributed by atoms with Crippen molar-refractivity contribution in [2.45, 2.75) is 31.5 Å². The molecule has 1 aromatic carbocycles. The van der Waals surface area contributed by atoms with Crippen LogP contribution >= 0.6 is 0 Å². The number of anilines is 2. The number of aromatic nitrogens is 4. The molecule has 0 bridgehead atoms. The van der Waals surface area contributed by atoms with Gasteiger partial charge >= 0.3 is 0 Å². The van der Waals surface area contributed by atoms with Crippen LogP contribution in [0.15, 0.2) is 30.6 Å². The van der Waals surface area contributed by atoms with E-state index in [2.05, 4.69) is 15.0 Å². The molecule has 0 aliphatic carbocycles. The molecule has 28 heavy (non-hydrogen) atoms. The highest BCUT2D eigenvalue weighted by atomic mass is 16.6. The minimum atomic E-state index is -1.17. The van der Waals surface area contributed by atoms with Gasteiger partial charge in [-0.3, -0.25) is 4.57 Å². The molecule has 148 valence electrons. The van der Waals surface area contributed by atoms with Gasteiger partial charge in [-0.15, -0.1) is 0 Å². The Balaban J connectivity index is 1.73. The number of ether oxygens (including phenoxy) is 2. The average Bonchev–Trinajstić information content (AvgIpc) is 3.23. The van der Waals surface area contributed by atoms with Crippen LogP contribution in [0, 0.1) is 0 Å². The van der Waals surface area contributed by atoms with Gasteiger partial charge in [0, 0.05) is 17.9 Å². The Morgan fingerprint density at radius 3 is 2.61 bits per heavy atom. The molecule has 1 saturated heterocycles. The molecule has 0 unspecified atom stereocenters. The first-order chi connectivity index (χ1) is 13.5. The van der Waals surface area contributed by atoms with Gasteiger partial charge in [-0.1, -0.05) is 0 Å². The largest absolute Gasteiger partial charge is 0.399 e. The third-order valence-electron chi connectivity index (χ3n) is 4.71. The molecule has 1 aliphatic heterocycles. The monoisotopic (exact) mass is 386 g/mol. The third kappa shape index (κ3) is 3.16. The van der Waals surface area contributed by atoms with E-state index in [4.69, 9.17) is 20.9 Å². The lowest BCUT2D eigenvalue weighted by molar-refractivity contribution is -0.0638. The van der Waals surface area contributed by atoms with E-state index in [0.717, 1.165) is 5.56 Å². The Labute approximate surface area is 160 Å². The second-order valence-corrected chi connectivity index (χ2v) is 6.58. The predicted octanol–water partition coefficient (Wildman–Crippen LogP) is 0.313. The number of nitrogens with zero attached hydrogens (tertiary/aromatic N) is 4. The lowest BCUT2D eigenvalue weighted by Crippen LogP contribution is -2.33. The normalized spacial score (nSPS) is 24.8. The molecule has 0 spiro atoms. The Hall–Kier alpha value is -2.79. The van der Waals surface area contributed by atoms with Gasteiger partial charge < -0.3 is 31.2 Å². The third-order valence-corrected chi connectivity index (χ3v) is 4.71. The summed E-state index contributed by atoms with van der Waals surface area (Å²) in [5.41, 5.74) is 13.9. The second kappa shape index (κ2) is 7.32. The fourth-order valence-electron chi connectivity index (χ4n) is 3.22. The van der Waals surface area contributed by atoms with Crippen LogP contribution in [0.25, 0.3) is 22.6 Å². The van der Waals surface area contributed by atoms with E-state index < -0.39 is 24.5 Å². The molecule has 2 aromatic heterocycles. The maximum atomic E-state index is 10.5. The Bertz CT molecular complexity index is 976. The molecule has 1 fully saturated rings. The molecule has 4 rings (SSSR count). The van der Waals surface area contributed by atoms with Gasteiger partial charge in [-0.2, -0.15) is 0 Å². The van der Waals surface area contributed by atoms with Gasteiger partial charge in [0.05, 0.1) is 12.9 Å². The number of nitrogens with two attached hydrogens (primary N) is 2. The van der Waals surface area contributed by atoms with Crippen molar-refractivity contribution in [2.24, 2.45) is 0 Å². The van der Waals surface area contributed by atoms with Crippen LogP contribution in [0.1, 0.15) is 13.2 Å². The van der Waals surface area contributed by atoms with E-state index in [1.165, 1.54) is 6.33 Å². The molecule has 3 aromatic rings. The first-order valence-electron chi connectivity index (χ1n) is 8.95. The summed E-state index contributed by atoms with van der Waals surface area (Å²) in [7, 11) is 0. The Kier molecular flexibility index (Phi) is 4.85. The first kappa shape index (κ1) is 18.6. The molecule has 10 heteroatoms. The van der Waals surface area contributed by atoms with Crippen molar-refractivity contribution in [3.8, 4) is 11.4 Å². The maximum absolute atomic E-state index is 10.5. The van der Waals surface area contributed by atoms with Crippen LogP contribution in [0.2, 0.25) is 0 Å². The quantitative estimate of drug-likeness (QED) is 0.453. The molecule has 3 heterocycles. The number of hydrogen-bond acceptors (Lipinski definition) is 9. The van der Waals surface area contributed by atoms with Gasteiger partial charge in [-0.25, -0.2) is 15.0 Å². The number of rotatable bonds is 5. The number of fused-ring (bicyclic) bond motifs is 1. The minimum absolute atomic E-state index is 0.172. The Morgan fingerprint density at radius 1 is 1.14 bits per heavy atom. The van der Waals surface area contributed by atoms with Gasteiger partial charge in [-0.05, 0) is 31.2 Å². The summed E-state index contributed by atoms with van der Waals surface area (Å²) in [4.78, 5) is 13.1. The number of aliphatic hydroxyl groups is 2. The van der Waals surface area contributed by atoms with E-state index >= 15 is 0 Å². The molecule has 6 N–H and O–H groups in total. The standard InChI is InChI=1S/C18H22N6O4/c1-2-27-7-11-13(25)14(26)18(28-11)24-8-21-12-15(20)22-16(23-17(12)24)9-3-5-10(19)6-4-9/h3-6,8,11,13-14,18,25-26H,2,7,19H2,1H3,(H2,20,22,23)/t11-,13-,14-,18-/m1/s1. The molecule has 0 radical (unpaired) electrons. The average molecular weight is 386 g/mol. The summed E-state index contributed by atoms with van der Waals surface area (Å²) < 4.78 is 12.7. The summed E-state index contributed by atoms with van der Waals surface area (Å²) in [6.45, 7) is 2.50. The lowest BCUT2D eigenvalue weighted by Gasteiger charge is -2.17. The SMILES string of the molecule is CCOC[C@H]1O[C@@H](n2cnc3c(N)nc(-c4ccc(N)cc4)nc32)[C@H](O)[C@@H]1O. The molecule has 4 atom stereocenters. The second-order valence-electron chi connectivity index (χ2n) is 6.58. The number of aliphatic hydroxyl groups excluding tert-OH is 2. The molecule has 10 nitrogen and oxygen atoms in total. The van der Waals surface area contributed by atoms with E-state index in [0.29, 0.717) is 29.3 Å². The van der Waals surface area contributed by atoms with Crippen LogP contribution in [0.3, 0.4) is 0 Å². The topological polar surface area (TPSA) is 155 Å². The van der Waals surface area contributed by atoms with Crippen molar-refractivity contribution in [1.82, 2.24) is 19.5 Å². The zero-order valence-electron chi connectivity index (χ0n) is 15.3. The van der Waals surface area contributed by atoms with Crippen molar-refractivity contribution < 1.29 is 19.7 Å². The molecule has 1 aliphatic rings. The number of nitrogen functional groups attached to an aromatic ring is 2. The van der Waals surface area contributed by atoms with E-state index in [1.54, 1.807) is 28.8 Å². The smallest absolute Gasteiger partial charge is 0.168 e. The van der Waals surface area contributed by atoms with Crippen LogP contribution in [-0.4, -0.2) is 61.3 Å². The minimum Gasteiger partial charge on any atom is -0.399 e. The van der Waals surface area contributed by atoms with Gasteiger partial charge in [0.25, 0.3) is 0 Å². The summed E-state index contributed by atoms with van der Waals surface area (Å²) in [6, 6.07) is 7.07. The zero-order valence-corrected chi connectivity index (χ0v) is 15.3. The number of imidazole rings is 1. The number of hydrogen-bond donors (Lipinski definition) is 4. The van der Waals surface area contributed by atoms with Crippen LogP contribution in [0.4, 0.5) is 11.5 Å². The van der Waals surface area contributed by atoms with E-state index in [9.17, 15) is 10.2 Å². The molecule has 0 saturated carbocycles. The van der Waals surface area contributed by atoms with Gasteiger partial charge in [0.15, 0.2) is 23.5 Å². The number of benzene rings is 1. The molecular formula is C18H22N6O4. The van der Waals surface area contributed by atoms with Gasteiger partial charge in [0.1, 0.15) is 23.8 Å². The summed E-state index contributed by atoms with van der Waals surface area (Å²) in [5.74, 6) is 0.597. The van der Waals surface area contributed by atoms with E-state index in [1.807, 2.05) is 6.92 Å². The zero-order chi connectivity index (χ0) is 19.8. The highest BCUT2D eigenvalue weighted by Crippen LogP contribution is 2.33. The highest BCUT2D eigenvalue weighted by molar-refractivity contribution is 5.84. The highest BCUT2D eigenvalue weighted by Gasteiger charge is 2.44. The summed E-state index contributed by atoms with van der Waals surface area (Å²) in [6.07, 6.45) is -2.33. The van der Waals surface area contributed by atoms with Crippen molar-refractivity contribution in [3.63, 3.8) is 0 Å². The van der Waals surface area contributed by atoms with Crippen molar-refractivity contribution in [2.75, 3.05) is 24.7 Å². The predicted molar refractivity (Wildman–Crippen MR) is 102 cm³/mol. The fraction of sp³-hybridized carbons (Fsp3) is 0.389. The molecular weight excluding hydrogens is 364 g/mol. The van der Waals surface area contributed by atoms with Crippen LogP contribution in [-0.2, 0) is 9.47 Å². The van der Waals surface area contributed by atoms with Gasteiger partial charge in [0.2, 0.25) is 0 Å². The van der Waals surface area contributed by atoms with Crippen LogP contribution < -0.4 is 11.5 Å². The summed E-state index contributed by atoms with van der Waals surface area (Å²) in [5, 5.41) is 20.8. The lowest BCUT2D eigenvalue weighted by atomic mass is 10.1. The maximum Gasteiger partial charge on any atom is 0.168 e. The van der Waals surface area contributed by atoms with Crippen molar-refractivity contribution in [1.29, 1.82) is 0 Å². The first-order valence-corrected chi connectivity index (χ1v) is 8.95. The summed E-state index contributed by atoms with van der Waals surface area (Å²) >= 11 is 0. The van der Waals surface area contributed by atoms with Crippen molar-refractivity contribution >= 4 is 22.7 Å². The van der Waals surface area contributed by atoms with Crippen molar-refractivity contribution in [3.05, 3.63) is 30.6 Å². The fourth-order valence-corrected chi connectivity index (χ4v) is 3.22. The van der Waals surface area contributed by atoms with Crippen LogP contribution in [0.5, 0.6) is 0 Å². The Morgan fingerprint density at radius 2 is 1.89 bits per heavy atom. The molecule has 0 amide bonds. The van der Waals surface area contributed by atoms with E-state index in [-0.39, 0.29) is 12.4 Å².